The smallest absolute Gasteiger partial charge is 0.0540 e. The predicted molar refractivity (Wildman–Crippen MR) is 310 cm³/mol. The predicted octanol–water partition coefficient (Wildman–Crippen LogP) is 20.2. The summed E-state index contributed by atoms with van der Waals surface area (Å²) in [6.07, 6.45) is 0. The Kier molecular flexibility index (Phi) is 10.7. The molecule has 0 atom stereocenters. The zero-order valence-electron chi connectivity index (χ0n) is 42.8. The van der Waals surface area contributed by atoms with Gasteiger partial charge in [-0.15, -0.1) is 0 Å². The van der Waals surface area contributed by atoms with Gasteiger partial charge >= 0.3 is 0 Å². The molecule has 0 aromatic heterocycles. The Morgan fingerprint density at radius 3 is 1.47 bits per heavy atom. The molecule has 350 valence electrons. The summed E-state index contributed by atoms with van der Waals surface area (Å²) in [5.74, 6) is 0. The van der Waals surface area contributed by atoms with Gasteiger partial charge in [0.05, 0.1) is 17.1 Å². The van der Waals surface area contributed by atoms with E-state index in [9.17, 15) is 0 Å². The Balaban J connectivity index is 1.13. The van der Waals surface area contributed by atoms with Crippen LogP contribution in [0.5, 0.6) is 0 Å². The van der Waals surface area contributed by atoms with Crippen molar-refractivity contribution in [2.45, 2.75) is 71.6 Å². The molecule has 11 aromatic rings. The van der Waals surface area contributed by atoms with Gasteiger partial charge < -0.3 is 4.90 Å². The summed E-state index contributed by atoms with van der Waals surface area (Å²) in [5.41, 5.74) is 20.8. The average Bonchev–Trinajstić information content (AvgIpc) is 3.63. The van der Waals surface area contributed by atoms with Gasteiger partial charge in [-0.3, -0.25) is 0 Å². The lowest BCUT2D eigenvalue weighted by atomic mass is 9.78. The summed E-state index contributed by atoms with van der Waals surface area (Å²) >= 11 is 0. The summed E-state index contributed by atoms with van der Waals surface area (Å²) < 4.78 is 0. The summed E-state index contributed by atoms with van der Waals surface area (Å²) in [6.45, 7) is 18.7. The van der Waals surface area contributed by atoms with E-state index in [1.807, 2.05) is 0 Å². The maximum absolute atomic E-state index is 2.56. The minimum absolute atomic E-state index is 0.0208. The molecule has 12 rings (SSSR count). The SMILES string of the molecule is CC(C)(C)c1cc(-c2cccc3cccc(-c4ccccc4N(c4ccccc4-c4ccc5c(c4)C(C)(C)c4ccccc4-5)c4ccccc4-c4cccc5c4ccc4ccccc45)c23)cc(C(C)(C)C)c1. The molecular formula is C71H61N. The molecule has 0 heterocycles. The highest BCUT2D eigenvalue weighted by Gasteiger charge is 2.36. The van der Waals surface area contributed by atoms with Crippen LogP contribution in [0.15, 0.2) is 224 Å². The third kappa shape index (κ3) is 7.53. The van der Waals surface area contributed by atoms with Gasteiger partial charge in [0, 0.05) is 22.1 Å². The Labute approximate surface area is 426 Å². The molecular weight excluding hydrogens is 867 g/mol. The van der Waals surface area contributed by atoms with Crippen LogP contribution in [0.2, 0.25) is 0 Å². The summed E-state index contributed by atoms with van der Waals surface area (Å²) in [4.78, 5) is 2.56. The number of anilines is 3. The van der Waals surface area contributed by atoms with Crippen LogP contribution in [0.3, 0.4) is 0 Å². The highest BCUT2D eigenvalue weighted by molar-refractivity contribution is 6.14. The van der Waals surface area contributed by atoms with Crippen molar-refractivity contribution in [2.24, 2.45) is 0 Å². The molecule has 1 aliphatic carbocycles. The fourth-order valence-corrected chi connectivity index (χ4v) is 11.7. The first kappa shape index (κ1) is 45.2. The first-order valence-electron chi connectivity index (χ1n) is 25.7. The summed E-state index contributed by atoms with van der Waals surface area (Å²) in [5, 5.41) is 7.46. The maximum Gasteiger partial charge on any atom is 0.0540 e. The minimum Gasteiger partial charge on any atom is -0.309 e. The fraction of sp³-hybridized carbons (Fsp3) is 0.155. The molecule has 0 amide bonds. The van der Waals surface area contributed by atoms with E-state index in [-0.39, 0.29) is 16.2 Å². The number of nitrogens with zero attached hydrogens (tertiary/aromatic N) is 1. The summed E-state index contributed by atoms with van der Waals surface area (Å²) in [6, 6.07) is 84.5. The zero-order chi connectivity index (χ0) is 49.5. The van der Waals surface area contributed by atoms with E-state index in [0.717, 1.165) is 22.6 Å². The highest BCUT2D eigenvalue weighted by Crippen LogP contribution is 2.53. The second-order valence-corrected chi connectivity index (χ2v) is 22.5. The maximum atomic E-state index is 2.56. The van der Waals surface area contributed by atoms with Crippen molar-refractivity contribution in [3.05, 3.63) is 247 Å². The van der Waals surface area contributed by atoms with Crippen molar-refractivity contribution in [1.82, 2.24) is 0 Å². The van der Waals surface area contributed by atoms with Crippen molar-refractivity contribution < 1.29 is 0 Å². The average molecular weight is 928 g/mol. The molecule has 0 radical (unpaired) electrons. The third-order valence-electron chi connectivity index (χ3n) is 15.6. The number of rotatable bonds is 7. The molecule has 1 nitrogen and oxygen atoms in total. The van der Waals surface area contributed by atoms with Crippen LogP contribution in [0.4, 0.5) is 17.1 Å². The molecule has 72 heavy (non-hydrogen) atoms. The normalized spacial score (nSPS) is 13.1. The van der Waals surface area contributed by atoms with Crippen molar-refractivity contribution in [1.29, 1.82) is 0 Å². The van der Waals surface area contributed by atoms with E-state index in [1.54, 1.807) is 0 Å². The third-order valence-corrected chi connectivity index (χ3v) is 15.6. The van der Waals surface area contributed by atoms with Crippen LogP contribution in [-0.4, -0.2) is 0 Å². The lowest BCUT2D eigenvalue weighted by Crippen LogP contribution is -2.16. The van der Waals surface area contributed by atoms with Gasteiger partial charge in [-0.05, 0) is 129 Å². The van der Waals surface area contributed by atoms with Gasteiger partial charge in [0.15, 0.2) is 0 Å². The van der Waals surface area contributed by atoms with Crippen LogP contribution in [0.25, 0.3) is 88.0 Å². The van der Waals surface area contributed by atoms with Crippen LogP contribution < -0.4 is 4.90 Å². The second-order valence-electron chi connectivity index (χ2n) is 22.5. The number of hydrogen-bond acceptors (Lipinski definition) is 1. The number of para-hydroxylation sites is 3. The number of fused-ring (bicyclic) bond motifs is 7. The van der Waals surface area contributed by atoms with Gasteiger partial charge in [-0.2, -0.15) is 0 Å². The molecule has 0 saturated heterocycles. The molecule has 1 aliphatic rings. The van der Waals surface area contributed by atoms with E-state index in [2.05, 4.69) is 285 Å². The van der Waals surface area contributed by atoms with E-state index in [4.69, 9.17) is 0 Å². The molecule has 0 spiro atoms. The standard InChI is InChI=1S/C71H61N/c1-69(2,3)50-42-49(43-51(45-50)70(4,5)6)54-30-19-23-47-24-20-33-62(68(47)54)61-29-14-18-37-67(61)72(66-36-17-13-28-60(66)56-32-21-31-55-52-25-10-9-22-46(52)38-40-57(55)56)65-35-16-12-26-53(65)48-39-41-59-58-27-11-15-34-63(58)71(7,8)64(59)44-48/h9-45H,1-8H3. The molecule has 0 bridgehead atoms. The van der Waals surface area contributed by atoms with Crippen molar-refractivity contribution >= 4 is 49.4 Å². The lowest BCUT2D eigenvalue weighted by molar-refractivity contribution is 0.569. The largest absolute Gasteiger partial charge is 0.309 e. The monoisotopic (exact) mass is 927 g/mol. The molecule has 0 N–H and O–H groups in total. The molecule has 11 aromatic carbocycles. The van der Waals surface area contributed by atoms with E-state index >= 15 is 0 Å². The van der Waals surface area contributed by atoms with Crippen LogP contribution in [0, 0.1) is 0 Å². The lowest BCUT2D eigenvalue weighted by Gasteiger charge is -2.32. The van der Waals surface area contributed by atoms with Crippen LogP contribution >= 0.6 is 0 Å². The van der Waals surface area contributed by atoms with E-state index in [1.165, 1.54) is 105 Å². The first-order valence-corrected chi connectivity index (χ1v) is 25.7. The van der Waals surface area contributed by atoms with Crippen molar-refractivity contribution in [2.75, 3.05) is 4.90 Å². The summed E-state index contributed by atoms with van der Waals surface area (Å²) in [7, 11) is 0. The topological polar surface area (TPSA) is 3.24 Å². The van der Waals surface area contributed by atoms with E-state index in [0.29, 0.717) is 0 Å². The van der Waals surface area contributed by atoms with Gasteiger partial charge in [0.25, 0.3) is 0 Å². The Hall–Kier alpha value is -8.00. The Bertz CT molecular complexity index is 3890. The zero-order valence-corrected chi connectivity index (χ0v) is 42.8. The quantitative estimate of drug-likeness (QED) is 0.144. The van der Waals surface area contributed by atoms with Crippen molar-refractivity contribution in [3.8, 4) is 55.6 Å². The molecule has 0 saturated carbocycles. The van der Waals surface area contributed by atoms with Crippen LogP contribution in [0.1, 0.15) is 77.6 Å². The van der Waals surface area contributed by atoms with Gasteiger partial charge in [0.1, 0.15) is 0 Å². The van der Waals surface area contributed by atoms with Gasteiger partial charge in [-0.25, -0.2) is 0 Å². The van der Waals surface area contributed by atoms with Gasteiger partial charge in [0.2, 0.25) is 0 Å². The van der Waals surface area contributed by atoms with Crippen LogP contribution in [-0.2, 0) is 16.2 Å². The number of hydrogen-bond donors (Lipinski definition) is 0. The molecule has 0 fully saturated rings. The number of benzene rings is 11. The Morgan fingerprint density at radius 2 is 0.792 bits per heavy atom. The fourth-order valence-electron chi connectivity index (χ4n) is 11.7. The minimum atomic E-state index is -0.138. The van der Waals surface area contributed by atoms with E-state index < -0.39 is 0 Å². The first-order chi connectivity index (χ1) is 34.8. The second kappa shape index (κ2) is 17.1. The molecule has 0 aliphatic heterocycles. The van der Waals surface area contributed by atoms with Gasteiger partial charge in [-0.1, -0.05) is 256 Å². The highest BCUT2D eigenvalue weighted by atomic mass is 15.1. The van der Waals surface area contributed by atoms with Crippen molar-refractivity contribution in [3.63, 3.8) is 0 Å². The molecule has 0 unspecified atom stereocenters. The Morgan fingerprint density at radius 1 is 0.306 bits per heavy atom. The molecule has 1 heteroatoms.